The standard InChI is InChI=1S/C20H18Cl2N2O5/c1-28-17-7-4-14(22)9-16(17)23-18(25)11-29-20(27)12-8-19(26)24(10-12)15-5-2-13(21)3-6-15/h2-7,9,12H,8,10-11H2,1H3,(H,23,25). The lowest BCUT2D eigenvalue weighted by Gasteiger charge is -2.16. The Morgan fingerprint density at radius 3 is 2.52 bits per heavy atom. The minimum absolute atomic E-state index is 0.0190. The van der Waals surface area contributed by atoms with Gasteiger partial charge < -0.3 is 19.7 Å². The molecule has 0 aromatic heterocycles. The third kappa shape index (κ3) is 5.19. The molecule has 1 saturated heterocycles. The number of esters is 1. The second-order valence-corrected chi connectivity index (χ2v) is 7.26. The molecule has 0 aliphatic carbocycles. The summed E-state index contributed by atoms with van der Waals surface area (Å²) in [5.74, 6) is -1.57. The molecule has 1 heterocycles. The fraction of sp³-hybridized carbons (Fsp3) is 0.250. The van der Waals surface area contributed by atoms with Gasteiger partial charge in [-0.05, 0) is 42.5 Å². The summed E-state index contributed by atoms with van der Waals surface area (Å²) in [7, 11) is 1.46. The molecule has 0 spiro atoms. The van der Waals surface area contributed by atoms with Crippen LogP contribution >= 0.6 is 23.2 Å². The minimum Gasteiger partial charge on any atom is -0.495 e. The maximum absolute atomic E-state index is 12.3. The SMILES string of the molecule is COc1ccc(Cl)cc1NC(=O)COC(=O)C1CC(=O)N(c2ccc(Cl)cc2)C1. The van der Waals surface area contributed by atoms with Crippen LogP contribution in [0, 0.1) is 5.92 Å². The van der Waals surface area contributed by atoms with Crippen molar-refractivity contribution in [3.8, 4) is 5.75 Å². The minimum atomic E-state index is -0.647. The first-order valence-electron chi connectivity index (χ1n) is 8.73. The van der Waals surface area contributed by atoms with E-state index in [9.17, 15) is 14.4 Å². The third-order valence-electron chi connectivity index (χ3n) is 4.38. The Bertz CT molecular complexity index is 933. The molecule has 0 saturated carbocycles. The van der Waals surface area contributed by atoms with Crippen molar-refractivity contribution >= 4 is 52.4 Å². The number of anilines is 2. The highest BCUT2D eigenvalue weighted by Gasteiger charge is 2.36. The van der Waals surface area contributed by atoms with Crippen molar-refractivity contribution in [3.63, 3.8) is 0 Å². The van der Waals surface area contributed by atoms with E-state index in [1.165, 1.54) is 18.1 Å². The number of carbonyl (C=O) groups excluding carboxylic acids is 3. The quantitative estimate of drug-likeness (QED) is 0.699. The first kappa shape index (κ1) is 21.0. The number of hydrogen-bond donors (Lipinski definition) is 1. The molecule has 0 bridgehead atoms. The van der Waals surface area contributed by atoms with Gasteiger partial charge in [0.1, 0.15) is 5.75 Å². The molecule has 7 nitrogen and oxygen atoms in total. The second kappa shape index (κ2) is 9.15. The molecule has 1 N–H and O–H groups in total. The summed E-state index contributed by atoms with van der Waals surface area (Å²) in [6, 6.07) is 11.5. The summed E-state index contributed by atoms with van der Waals surface area (Å²) < 4.78 is 10.2. The summed E-state index contributed by atoms with van der Waals surface area (Å²) in [6.07, 6.45) is 0.0190. The van der Waals surface area contributed by atoms with Gasteiger partial charge in [0.2, 0.25) is 5.91 Å². The van der Waals surface area contributed by atoms with Gasteiger partial charge in [-0.3, -0.25) is 14.4 Å². The highest BCUT2D eigenvalue weighted by molar-refractivity contribution is 6.31. The Hall–Kier alpha value is -2.77. The van der Waals surface area contributed by atoms with Gasteiger partial charge in [-0.2, -0.15) is 0 Å². The zero-order valence-electron chi connectivity index (χ0n) is 15.5. The van der Waals surface area contributed by atoms with Crippen molar-refractivity contribution in [2.75, 3.05) is 30.5 Å². The molecule has 2 amide bonds. The molecule has 1 atom stereocenters. The Labute approximate surface area is 177 Å². The molecule has 3 rings (SSSR count). The van der Waals surface area contributed by atoms with E-state index in [1.54, 1.807) is 36.4 Å². The Morgan fingerprint density at radius 1 is 1.14 bits per heavy atom. The van der Waals surface area contributed by atoms with Crippen molar-refractivity contribution in [2.24, 2.45) is 5.92 Å². The number of benzene rings is 2. The van der Waals surface area contributed by atoms with E-state index >= 15 is 0 Å². The molecule has 29 heavy (non-hydrogen) atoms. The van der Waals surface area contributed by atoms with E-state index in [-0.39, 0.29) is 18.9 Å². The molecule has 152 valence electrons. The summed E-state index contributed by atoms with van der Waals surface area (Å²) in [6.45, 7) is -0.302. The van der Waals surface area contributed by atoms with Crippen molar-refractivity contribution < 1.29 is 23.9 Å². The van der Waals surface area contributed by atoms with Crippen LogP contribution in [0.1, 0.15) is 6.42 Å². The Morgan fingerprint density at radius 2 is 1.83 bits per heavy atom. The van der Waals surface area contributed by atoms with Gasteiger partial charge in [0.15, 0.2) is 6.61 Å². The highest BCUT2D eigenvalue weighted by Crippen LogP contribution is 2.28. The van der Waals surface area contributed by atoms with E-state index in [0.717, 1.165) is 0 Å². The number of halogens is 2. The van der Waals surface area contributed by atoms with E-state index in [4.69, 9.17) is 32.7 Å². The summed E-state index contributed by atoms with van der Waals surface area (Å²) in [5, 5.41) is 3.56. The van der Waals surface area contributed by atoms with E-state index in [1.807, 2.05) is 0 Å². The van der Waals surface area contributed by atoms with Crippen LogP contribution < -0.4 is 15.0 Å². The topological polar surface area (TPSA) is 84.9 Å². The van der Waals surface area contributed by atoms with E-state index in [2.05, 4.69) is 5.32 Å². The zero-order valence-corrected chi connectivity index (χ0v) is 17.0. The molecular formula is C20H18Cl2N2O5. The van der Waals surface area contributed by atoms with Crippen LogP contribution in [-0.4, -0.2) is 38.0 Å². The number of nitrogens with zero attached hydrogens (tertiary/aromatic N) is 1. The van der Waals surface area contributed by atoms with Crippen molar-refractivity contribution in [2.45, 2.75) is 6.42 Å². The van der Waals surface area contributed by atoms with Crippen LogP contribution in [0.5, 0.6) is 5.75 Å². The number of ether oxygens (including phenoxy) is 2. The van der Waals surface area contributed by atoms with Crippen molar-refractivity contribution in [1.29, 1.82) is 0 Å². The number of nitrogens with one attached hydrogen (secondary N) is 1. The Balaban J connectivity index is 1.54. The van der Waals surface area contributed by atoms with Gasteiger partial charge in [0.25, 0.3) is 5.91 Å². The molecular weight excluding hydrogens is 419 g/mol. The van der Waals surface area contributed by atoms with Gasteiger partial charge in [0.05, 0.1) is 18.7 Å². The zero-order chi connectivity index (χ0) is 21.0. The van der Waals surface area contributed by atoms with Gasteiger partial charge in [-0.15, -0.1) is 0 Å². The largest absolute Gasteiger partial charge is 0.495 e. The fourth-order valence-corrected chi connectivity index (χ4v) is 3.25. The van der Waals surface area contributed by atoms with E-state index < -0.39 is 24.4 Å². The molecule has 0 radical (unpaired) electrons. The average molecular weight is 437 g/mol. The number of methoxy groups -OCH3 is 1. The number of carbonyl (C=O) groups is 3. The fourth-order valence-electron chi connectivity index (χ4n) is 2.95. The van der Waals surface area contributed by atoms with Crippen LogP contribution in [0.25, 0.3) is 0 Å². The lowest BCUT2D eigenvalue weighted by molar-refractivity contribution is -0.151. The van der Waals surface area contributed by atoms with E-state index in [0.29, 0.717) is 27.2 Å². The van der Waals surface area contributed by atoms with Crippen LogP contribution in [0.3, 0.4) is 0 Å². The summed E-state index contributed by atoms with van der Waals surface area (Å²) in [5.41, 5.74) is 1.02. The van der Waals surface area contributed by atoms with Crippen LogP contribution in [-0.2, 0) is 19.1 Å². The molecule has 2 aromatic rings. The molecule has 1 aliphatic heterocycles. The average Bonchev–Trinajstić information content (AvgIpc) is 3.09. The summed E-state index contributed by atoms with van der Waals surface area (Å²) >= 11 is 11.8. The van der Waals surface area contributed by atoms with Gasteiger partial charge in [0, 0.05) is 28.7 Å². The normalized spacial score (nSPS) is 15.9. The molecule has 1 unspecified atom stereocenters. The van der Waals surface area contributed by atoms with Gasteiger partial charge >= 0.3 is 5.97 Å². The second-order valence-electron chi connectivity index (χ2n) is 6.38. The maximum Gasteiger partial charge on any atom is 0.311 e. The molecule has 1 fully saturated rings. The van der Waals surface area contributed by atoms with Crippen LogP contribution in [0.2, 0.25) is 10.0 Å². The van der Waals surface area contributed by atoms with Crippen LogP contribution in [0.4, 0.5) is 11.4 Å². The smallest absolute Gasteiger partial charge is 0.311 e. The number of hydrogen-bond acceptors (Lipinski definition) is 5. The predicted octanol–water partition coefficient (Wildman–Crippen LogP) is 3.54. The van der Waals surface area contributed by atoms with Crippen LogP contribution in [0.15, 0.2) is 42.5 Å². The Kier molecular flexibility index (Phi) is 6.61. The van der Waals surface area contributed by atoms with Gasteiger partial charge in [-0.1, -0.05) is 23.2 Å². The highest BCUT2D eigenvalue weighted by atomic mass is 35.5. The monoisotopic (exact) mass is 436 g/mol. The number of rotatable bonds is 6. The lowest BCUT2D eigenvalue weighted by Crippen LogP contribution is -2.28. The van der Waals surface area contributed by atoms with Crippen molar-refractivity contribution in [1.82, 2.24) is 0 Å². The summed E-state index contributed by atoms with van der Waals surface area (Å²) in [4.78, 5) is 38.2. The lowest BCUT2D eigenvalue weighted by atomic mass is 10.1. The first-order chi connectivity index (χ1) is 13.9. The maximum atomic E-state index is 12.3. The molecule has 1 aliphatic rings. The van der Waals surface area contributed by atoms with Crippen molar-refractivity contribution in [3.05, 3.63) is 52.5 Å². The number of amides is 2. The first-order valence-corrected chi connectivity index (χ1v) is 9.49. The third-order valence-corrected chi connectivity index (χ3v) is 4.86. The molecule has 9 heteroatoms. The molecule has 2 aromatic carbocycles. The van der Waals surface area contributed by atoms with Gasteiger partial charge in [-0.25, -0.2) is 0 Å². The predicted molar refractivity (Wildman–Crippen MR) is 110 cm³/mol.